The number of aromatic nitrogens is 3. The lowest BCUT2D eigenvalue weighted by atomic mass is 10.1. The lowest BCUT2D eigenvalue weighted by Crippen LogP contribution is -2.34. The number of nitrogens with two attached hydrogens (primary N) is 1. The summed E-state index contributed by atoms with van der Waals surface area (Å²) in [6.45, 7) is 0.315. The number of rotatable bonds is 32. The van der Waals surface area contributed by atoms with Gasteiger partial charge in [0, 0.05) is 47.5 Å². The Kier molecular flexibility index (Phi) is 24.3. The molecule has 0 spiro atoms. The average molecular weight is 1070 g/mol. The van der Waals surface area contributed by atoms with Crippen LogP contribution in [-0.4, -0.2) is 130 Å². The fourth-order valence-corrected chi connectivity index (χ4v) is 9.54. The van der Waals surface area contributed by atoms with Gasteiger partial charge in [0.2, 0.25) is 11.8 Å². The van der Waals surface area contributed by atoms with Crippen LogP contribution in [0.3, 0.4) is 0 Å². The standard InChI is InChI=1S/C38H54N13O18P3/c1-2-3-4-5-6-12-31(52)43-14-15-44-38(54)26-9-7-11-28(18-26)64-23-33(48-50-41)63-17-16-62-22-32(53)42-13-8-10-27-20-51(37-35(27)36(39)45-24-46-37)34-19-29(65-25-47-49-40)30(67-34)21-66-71(58,59)69-72(60,61)68-70(55,56)57/h7,9,11,18,20,24,29-30,33-34H,2-6,12-17,19,21-23,25H2,1H3,(H,42,53)(H,43,52)(H,44,54)(H,58,59)(H,60,61)(H2,39,45,46)(H2,55,56,57). The first kappa shape index (κ1) is 58.8. The van der Waals surface area contributed by atoms with Gasteiger partial charge in [-0.1, -0.05) is 60.7 Å². The summed E-state index contributed by atoms with van der Waals surface area (Å²) in [6.07, 6.45) is 3.87. The molecule has 0 aliphatic carbocycles. The van der Waals surface area contributed by atoms with Gasteiger partial charge in [-0.25, -0.2) is 23.7 Å². The van der Waals surface area contributed by atoms with Crippen LogP contribution in [0.4, 0.5) is 5.82 Å². The lowest BCUT2D eigenvalue weighted by Gasteiger charge is -2.21. The predicted octanol–water partition coefficient (Wildman–Crippen LogP) is 3.72. The van der Waals surface area contributed by atoms with Gasteiger partial charge in [-0.15, -0.1) is 0 Å². The van der Waals surface area contributed by atoms with Crippen LogP contribution in [0.25, 0.3) is 31.9 Å². The number of anilines is 1. The van der Waals surface area contributed by atoms with Crippen molar-refractivity contribution >= 4 is 58.0 Å². The summed E-state index contributed by atoms with van der Waals surface area (Å²) >= 11 is 0. The zero-order valence-corrected chi connectivity index (χ0v) is 41.2. The largest absolute Gasteiger partial charge is 0.491 e. The van der Waals surface area contributed by atoms with E-state index in [1.54, 1.807) is 18.2 Å². The van der Waals surface area contributed by atoms with Gasteiger partial charge in [0.15, 0.2) is 6.23 Å². The van der Waals surface area contributed by atoms with Gasteiger partial charge in [0.25, 0.3) is 5.91 Å². The third kappa shape index (κ3) is 21.2. The summed E-state index contributed by atoms with van der Waals surface area (Å²) in [5.74, 6) is 4.99. The second-order valence-corrected chi connectivity index (χ2v) is 19.4. The number of amides is 3. The van der Waals surface area contributed by atoms with Gasteiger partial charge in [-0.05, 0) is 35.7 Å². The summed E-state index contributed by atoms with van der Waals surface area (Å²) in [6, 6.07) is 6.30. The molecule has 1 saturated heterocycles. The van der Waals surface area contributed by atoms with Crippen LogP contribution in [0.1, 0.15) is 74.0 Å². The smallest absolute Gasteiger partial charge is 0.490 e. The number of phosphoric acid groups is 3. The number of azide groups is 2. The van der Waals surface area contributed by atoms with Crippen molar-refractivity contribution in [2.24, 2.45) is 10.2 Å². The molecule has 3 heterocycles. The number of ether oxygens (including phenoxy) is 5. The number of nitrogens with zero attached hydrogens (tertiary/aromatic N) is 9. The van der Waals surface area contributed by atoms with E-state index >= 15 is 0 Å². The minimum atomic E-state index is -5.81. The minimum absolute atomic E-state index is 0.0166. The second-order valence-electron chi connectivity index (χ2n) is 15.0. The Morgan fingerprint density at radius 3 is 2.53 bits per heavy atom. The van der Waals surface area contributed by atoms with Crippen molar-refractivity contribution in [3.05, 3.63) is 68.8 Å². The molecule has 4 rings (SSSR count). The molecule has 0 radical (unpaired) electrons. The number of benzene rings is 1. The van der Waals surface area contributed by atoms with E-state index in [4.69, 9.17) is 54.8 Å². The number of carbonyl (C=O) groups excluding carboxylic acids is 3. The van der Waals surface area contributed by atoms with Crippen molar-refractivity contribution in [2.75, 3.05) is 65.1 Å². The molecule has 394 valence electrons. The summed E-state index contributed by atoms with van der Waals surface area (Å²) in [7, 11) is -17.0. The van der Waals surface area contributed by atoms with Crippen molar-refractivity contribution in [3.63, 3.8) is 0 Å². The van der Waals surface area contributed by atoms with Crippen molar-refractivity contribution in [1.29, 1.82) is 0 Å². The SMILES string of the molecule is CCCCCCCC(=O)NCCNC(=O)c1cccc(OCC(N=[N+]=[N-])OCCOCC(=O)NCC#Cc2cn(C3CC(OCN=[N+]=[N-])C(COP(=O)(O)OP(=O)(O)OP(=O)(O)O)O3)c3ncnc(N)c23)c1. The number of fused-ring (bicyclic) bond motifs is 1. The van der Waals surface area contributed by atoms with E-state index in [0.717, 1.165) is 38.4 Å². The molecular weight excluding hydrogens is 1020 g/mol. The highest BCUT2D eigenvalue weighted by Gasteiger charge is 2.44. The van der Waals surface area contributed by atoms with Crippen molar-refractivity contribution in [3.8, 4) is 17.6 Å². The molecule has 1 aliphatic rings. The van der Waals surface area contributed by atoms with Crippen molar-refractivity contribution in [2.45, 2.75) is 76.5 Å². The fourth-order valence-electron chi connectivity index (χ4n) is 6.51. The molecule has 6 unspecified atom stereocenters. The molecule has 6 atom stereocenters. The molecule has 1 aliphatic heterocycles. The quantitative estimate of drug-likeness (QED) is 0.0110. The molecule has 0 saturated carbocycles. The molecule has 9 N–H and O–H groups in total. The summed E-state index contributed by atoms with van der Waals surface area (Å²) in [4.78, 5) is 87.8. The molecule has 1 fully saturated rings. The van der Waals surface area contributed by atoms with Crippen LogP contribution in [-0.2, 0) is 55.4 Å². The molecule has 72 heavy (non-hydrogen) atoms. The van der Waals surface area contributed by atoms with E-state index in [2.05, 4.69) is 73.4 Å². The molecule has 34 heteroatoms. The first-order valence-electron chi connectivity index (χ1n) is 21.8. The van der Waals surface area contributed by atoms with Crippen LogP contribution in [0.15, 0.2) is 47.0 Å². The number of unbranched alkanes of at least 4 members (excludes halogenated alkanes) is 4. The number of carbonyl (C=O) groups is 3. The zero-order valence-electron chi connectivity index (χ0n) is 38.5. The van der Waals surface area contributed by atoms with E-state index in [0.29, 0.717) is 17.7 Å². The first-order chi connectivity index (χ1) is 34.3. The molecule has 1 aromatic carbocycles. The van der Waals surface area contributed by atoms with E-state index in [9.17, 15) is 37.9 Å². The van der Waals surface area contributed by atoms with Gasteiger partial charge < -0.3 is 69.5 Å². The molecule has 2 aromatic heterocycles. The summed E-state index contributed by atoms with van der Waals surface area (Å²) < 4.78 is 77.0. The number of hydrogen-bond acceptors (Lipinski definition) is 19. The lowest BCUT2D eigenvalue weighted by molar-refractivity contribution is -0.126. The molecule has 3 aromatic rings. The highest BCUT2D eigenvalue weighted by molar-refractivity contribution is 7.66. The number of phosphoric ester groups is 1. The van der Waals surface area contributed by atoms with E-state index < -0.39 is 67.4 Å². The van der Waals surface area contributed by atoms with E-state index in [1.165, 1.54) is 16.8 Å². The van der Waals surface area contributed by atoms with Crippen LogP contribution in [0, 0.1) is 11.8 Å². The van der Waals surface area contributed by atoms with Crippen molar-refractivity contribution in [1.82, 2.24) is 30.5 Å². The normalized spacial score (nSPS) is 17.5. The fraction of sp³-hybridized carbons (Fsp3) is 0.553. The maximum absolute atomic E-state index is 12.7. The maximum atomic E-state index is 12.7. The Hall–Kier alpha value is -5.72. The maximum Gasteiger partial charge on any atom is 0.490 e. The molecule has 0 bridgehead atoms. The highest BCUT2D eigenvalue weighted by atomic mass is 31.3. The van der Waals surface area contributed by atoms with Crippen LogP contribution < -0.4 is 26.4 Å². The van der Waals surface area contributed by atoms with E-state index in [1.807, 2.05) is 0 Å². The Bertz CT molecular complexity index is 2620. The van der Waals surface area contributed by atoms with E-state index in [-0.39, 0.29) is 86.7 Å². The van der Waals surface area contributed by atoms with Gasteiger partial charge in [-0.2, -0.15) is 8.62 Å². The van der Waals surface area contributed by atoms with Crippen molar-refractivity contribution < 1.29 is 84.5 Å². The average Bonchev–Trinajstić information content (AvgIpc) is 3.90. The van der Waals surface area contributed by atoms with Crippen LogP contribution >= 0.6 is 23.5 Å². The number of hydrogen-bond donors (Lipinski definition) is 8. The Morgan fingerprint density at radius 2 is 1.78 bits per heavy atom. The Morgan fingerprint density at radius 1 is 1.00 bits per heavy atom. The summed E-state index contributed by atoms with van der Waals surface area (Å²) in [5, 5.41) is 15.2. The van der Waals surface area contributed by atoms with Gasteiger partial charge in [-0.3, -0.25) is 18.9 Å². The molecular formula is C38H54N13O18P3. The second kappa shape index (κ2) is 29.7. The van der Waals surface area contributed by atoms with Gasteiger partial charge >= 0.3 is 23.5 Å². The zero-order chi connectivity index (χ0) is 52.6. The Balaban J connectivity index is 1.23. The third-order valence-electron chi connectivity index (χ3n) is 9.63. The van der Waals surface area contributed by atoms with Crippen LogP contribution in [0.2, 0.25) is 0 Å². The Labute approximate surface area is 410 Å². The molecule has 3 amide bonds. The van der Waals surface area contributed by atoms with Crippen LogP contribution in [0.5, 0.6) is 5.75 Å². The monoisotopic (exact) mass is 1070 g/mol. The third-order valence-corrected chi connectivity index (χ3v) is 13.4. The number of nitrogens with one attached hydrogen (secondary N) is 3. The topological polar surface area (TPSA) is 448 Å². The summed E-state index contributed by atoms with van der Waals surface area (Å²) in [5.41, 5.74) is 24.7. The molecule has 31 nitrogen and oxygen atoms in total. The van der Waals surface area contributed by atoms with Gasteiger partial charge in [0.05, 0.1) is 43.4 Å². The minimum Gasteiger partial charge on any atom is -0.491 e. The predicted molar refractivity (Wildman–Crippen MR) is 249 cm³/mol. The number of nitrogen functional groups attached to an aromatic ring is 1. The highest BCUT2D eigenvalue weighted by Crippen LogP contribution is 2.66. The van der Waals surface area contributed by atoms with Gasteiger partial charge in [0.1, 0.15) is 55.8 Å². The first-order valence-corrected chi connectivity index (χ1v) is 26.3.